The van der Waals surface area contributed by atoms with E-state index in [1.807, 2.05) is 0 Å². The first kappa shape index (κ1) is 8.91. The van der Waals surface area contributed by atoms with Gasteiger partial charge >= 0.3 is 0 Å². The molecule has 1 heterocycles. The Morgan fingerprint density at radius 2 is 1.94 bits per heavy atom. The van der Waals surface area contributed by atoms with Crippen molar-refractivity contribution >= 4 is 28.3 Å². The minimum Gasteiger partial charge on any atom is -0.858 e. The van der Waals surface area contributed by atoms with E-state index in [0.717, 1.165) is 5.39 Å². The topological polar surface area (TPSA) is 78.5 Å². The highest BCUT2D eigenvalue weighted by molar-refractivity contribution is 6.23. The minimum absolute atomic E-state index is 0.444. The molecule has 0 unspecified atom stereocenters. The van der Waals surface area contributed by atoms with Crippen LogP contribution in [0.3, 0.4) is 0 Å². The number of carbonyl (C=O) groups is 1. The summed E-state index contributed by atoms with van der Waals surface area (Å²) < 4.78 is 0. The van der Waals surface area contributed by atoms with Crippen molar-refractivity contribution in [3.8, 4) is 0 Å². The predicted octanol–water partition coefficient (Wildman–Crippen LogP) is 0.683. The monoisotopic (exact) mass is 211 g/mol. The molecule has 0 atom stereocenters. The van der Waals surface area contributed by atoms with E-state index < -0.39 is 11.8 Å². The van der Waals surface area contributed by atoms with Crippen molar-refractivity contribution in [2.45, 2.75) is 0 Å². The number of nitrogens with two attached hydrogens (primary N) is 1. The smallest absolute Gasteiger partial charge is 0.277 e. The molecule has 0 radical (unpaired) electrons. The van der Waals surface area contributed by atoms with Crippen LogP contribution in [0.5, 0.6) is 0 Å². The van der Waals surface area contributed by atoms with Crippen molar-refractivity contribution in [2.24, 2.45) is 4.99 Å². The molecule has 0 saturated heterocycles. The first-order valence-corrected chi connectivity index (χ1v) is 4.80. The molecular formula is C12H7N2O2-. The van der Waals surface area contributed by atoms with E-state index in [4.69, 9.17) is 5.73 Å². The summed E-state index contributed by atoms with van der Waals surface area (Å²) in [6.45, 7) is 0. The highest BCUT2D eigenvalue weighted by Crippen LogP contribution is 2.30. The molecule has 2 N–H and O–H groups in total. The number of carbonyl (C=O) groups excluding carboxylic acids is 1. The summed E-state index contributed by atoms with van der Waals surface area (Å²) in [7, 11) is 0. The Hall–Kier alpha value is -2.36. The number of rotatable bonds is 0. The van der Waals surface area contributed by atoms with Crippen LogP contribution >= 0.6 is 0 Å². The van der Waals surface area contributed by atoms with Crippen molar-refractivity contribution < 1.29 is 9.90 Å². The second-order valence-electron chi connectivity index (χ2n) is 3.65. The van der Waals surface area contributed by atoms with E-state index in [2.05, 4.69) is 4.99 Å². The molecule has 2 aromatic rings. The van der Waals surface area contributed by atoms with E-state index in [1.165, 1.54) is 0 Å². The molecule has 1 aliphatic heterocycles. The van der Waals surface area contributed by atoms with E-state index >= 15 is 0 Å². The molecule has 0 fully saturated rings. The Labute approximate surface area is 91.0 Å². The lowest BCUT2D eigenvalue weighted by Gasteiger charge is -2.20. The van der Waals surface area contributed by atoms with Crippen LogP contribution in [0.25, 0.3) is 10.8 Å². The van der Waals surface area contributed by atoms with E-state index in [1.54, 1.807) is 30.3 Å². The van der Waals surface area contributed by atoms with Gasteiger partial charge in [-0.1, -0.05) is 18.2 Å². The van der Waals surface area contributed by atoms with Gasteiger partial charge in [-0.3, -0.25) is 4.79 Å². The lowest BCUT2D eigenvalue weighted by molar-refractivity contribution is -0.212. The molecule has 78 valence electrons. The number of hydrogen-bond acceptors (Lipinski definition) is 3. The maximum absolute atomic E-state index is 11.6. The van der Waals surface area contributed by atoms with Crippen LogP contribution in [0.15, 0.2) is 35.3 Å². The van der Waals surface area contributed by atoms with Gasteiger partial charge in [0, 0.05) is 16.5 Å². The van der Waals surface area contributed by atoms with Gasteiger partial charge in [-0.2, -0.15) is 0 Å². The van der Waals surface area contributed by atoms with Crippen molar-refractivity contribution in [2.75, 3.05) is 5.73 Å². The number of hydrogen-bond donors (Lipinski definition) is 1. The average molecular weight is 211 g/mol. The van der Waals surface area contributed by atoms with E-state index in [9.17, 15) is 9.90 Å². The molecule has 1 amide bonds. The van der Waals surface area contributed by atoms with Crippen LogP contribution in [0.1, 0.15) is 15.9 Å². The lowest BCUT2D eigenvalue weighted by Crippen LogP contribution is -2.24. The lowest BCUT2D eigenvalue weighted by atomic mass is 9.95. The summed E-state index contributed by atoms with van der Waals surface area (Å²) in [5.74, 6) is -0.984. The maximum atomic E-state index is 11.6. The Morgan fingerprint density at radius 1 is 1.12 bits per heavy atom. The summed E-state index contributed by atoms with van der Waals surface area (Å²) in [4.78, 5) is 15.0. The standard InChI is InChI=1S/C12H8N2O2/c13-9-5-4-8-10-6(9)2-1-3-7(10)11(15)14-12(8)16/h1-5H,13H2,(H,14,15,16)/p-1. The highest BCUT2D eigenvalue weighted by Gasteiger charge is 2.18. The normalized spacial score (nSPS) is 14.0. The molecule has 0 spiro atoms. The number of benzene rings is 2. The molecular weight excluding hydrogens is 204 g/mol. The molecule has 2 aromatic carbocycles. The van der Waals surface area contributed by atoms with Gasteiger partial charge in [0.2, 0.25) is 0 Å². The highest BCUT2D eigenvalue weighted by atomic mass is 16.3. The second-order valence-corrected chi connectivity index (χ2v) is 3.65. The van der Waals surface area contributed by atoms with Gasteiger partial charge in [-0.25, -0.2) is 4.99 Å². The van der Waals surface area contributed by atoms with Gasteiger partial charge in [-0.05, 0) is 23.6 Å². The fourth-order valence-corrected chi connectivity index (χ4v) is 2.00. The fraction of sp³-hybridized carbons (Fsp3) is 0. The van der Waals surface area contributed by atoms with Gasteiger partial charge in [0.05, 0.1) is 5.56 Å². The van der Waals surface area contributed by atoms with E-state index in [-0.39, 0.29) is 0 Å². The average Bonchev–Trinajstić information content (AvgIpc) is 2.27. The fourth-order valence-electron chi connectivity index (χ4n) is 2.00. The first-order chi connectivity index (χ1) is 7.68. The Kier molecular flexibility index (Phi) is 1.57. The van der Waals surface area contributed by atoms with Crippen molar-refractivity contribution in [3.05, 3.63) is 41.5 Å². The Balaban J connectivity index is 2.58. The zero-order valence-electron chi connectivity index (χ0n) is 8.23. The van der Waals surface area contributed by atoms with Crippen molar-refractivity contribution in [3.63, 3.8) is 0 Å². The van der Waals surface area contributed by atoms with Gasteiger partial charge in [-0.15, -0.1) is 0 Å². The van der Waals surface area contributed by atoms with Gasteiger partial charge in [0.15, 0.2) is 0 Å². The van der Waals surface area contributed by atoms with Crippen LogP contribution in [0.2, 0.25) is 0 Å². The van der Waals surface area contributed by atoms with Crippen LogP contribution < -0.4 is 10.8 Å². The van der Waals surface area contributed by atoms with Crippen LogP contribution in [0, 0.1) is 0 Å². The number of aliphatic imine (C=N–C) groups is 1. The van der Waals surface area contributed by atoms with Gasteiger partial charge in [0.1, 0.15) is 0 Å². The predicted molar refractivity (Wildman–Crippen MR) is 59.2 cm³/mol. The summed E-state index contributed by atoms with van der Waals surface area (Å²) in [6, 6.07) is 8.46. The molecule has 4 heteroatoms. The van der Waals surface area contributed by atoms with Crippen LogP contribution in [-0.2, 0) is 0 Å². The van der Waals surface area contributed by atoms with E-state index in [0.29, 0.717) is 22.2 Å². The van der Waals surface area contributed by atoms with Crippen molar-refractivity contribution in [1.29, 1.82) is 0 Å². The number of nitrogen functional groups attached to an aromatic ring is 1. The van der Waals surface area contributed by atoms with Crippen LogP contribution in [-0.4, -0.2) is 11.8 Å². The summed E-state index contributed by atoms with van der Waals surface area (Å²) in [5, 5.41) is 12.9. The zero-order valence-corrected chi connectivity index (χ0v) is 8.23. The number of amides is 1. The maximum Gasteiger partial charge on any atom is 0.277 e. The number of nitrogens with zero attached hydrogens (tertiary/aromatic N) is 1. The first-order valence-electron chi connectivity index (χ1n) is 4.80. The molecule has 3 rings (SSSR count). The van der Waals surface area contributed by atoms with Crippen molar-refractivity contribution in [1.82, 2.24) is 0 Å². The number of anilines is 1. The minimum atomic E-state index is -0.492. The molecule has 4 nitrogen and oxygen atoms in total. The molecule has 16 heavy (non-hydrogen) atoms. The molecule has 0 bridgehead atoms. The largest absolute Gasteiger partial charge is 0.858 e. The Morgan fingerprint density at radius 3 is 2.75 bits per heavy atom. The quantitative estimate of drug-likeness (QED) is 0.651. The Bertz CT molecular complexity index is 659. The summed E-state index contributed by atoms with van der Waals surface area (Å²) in [5.41, 5.74) is 7.26. The third-order valence-electron chi connectivity index (χ3n) is 2.74. The molecule has 1 aliphatic rings. The molecule has 0 aliphatic carbocycles. The van der Waals surface area contributed by atoms with Gasteiger partial charge < -0.3 is 10.8 Å². The second kappa shape index (κ2) is 2.82. The third kappa shape index (κ3) is 0.982. The molecule has 0 saturated carbocycles. The molecule has 0 aromatic heterocycles. The third-order valence-corrected chi connectivity index (χ3v) is 2.74. The van der Waals surface area contributed by atoms with Gasteiger partial charge in [0.25, 0.3) is 5.91 Å². The summed E-state index contributed by atoms with van der Waals surface area (Å²) >= 11 is 0. The SMILES string of the molecule is Nc1ccc2c3c(cccc13)C([O-])=NC2=O. The summed E-state index contributed by atoms with van der Waals surface area (Å²) in [6.07, 6.45) is 0. The van der Waals surface area contributed by atoms with Crippen LogP contribution in [0.4, 0.5) is 5.69 Å². The zero-order chi connectivity index (χ0) is 11.3.